The summed E-state index contributed by atoms with van der Waals surface area (Å²) >= 11 is 0. The zero-order valence-electron chi connectivity index (χ0n) is 12.2. The fraction of sp³-hybridized carbons (Fsp3) is 0.692. The zero-order valence-corrected chi connectivity index (χ0v) is 12.2. The molecular weight excluding hydrogens is 256 g/mol. The van der Waals surface area contributed by atoms with Crippen molar-refractivity contribution in [3.8, 4) is 0 Å². The monoisotopic (exact) mass is 278 g/mol. The molecule has 0 aliphatic carbocycles. The highest BCUT2D eigenvalue weighted by atomic mass is 16.2. The number of carbonyl (C=O) groups excluding carboxylic acids is 1. The predicted octanol–water partition coefficient (Wildman–Crippen LogP) is 0.547. The van der Waals surface area contributed by atoms with Crippen LogP contribution in [0.3, 0.4) is 0 Å². The first-order valence-electron chi connectivity index (χ1n) is 7.10. The van der Waals surface area contributed by atoms with E-state index in [1.807, 2.05) is 11.9 Å². The molecule has 7 heteroatoms. The maximum atomic E-state index is 12.1. The first kappa shape index (κ1) is 14.6. The summed E-state index contributed by atoms with van der Waals surface area (Å²) < 4.78 is 0. The van der Waals surface area contributed by atoms with E-state index >= 15 is 0 Å². The van der Waals surface area contributed by atoms with Crippen molar-refractivity contribution >= 4 is 11.5 Å². The molecule has 0 aromatic carbocycles. The van der Waals surface area contributed by atoms with E-state index in [1.54, 1.807) is 0 Å². The van der Waals surface area contributed by atoms with Gasteiger partial charge in [-0.3, -0.25) is 9.69 Å². The third-order valence-corrected chi connectivity index (χ3v) is 3.49. The van der Waals surface area contributed by atoms with E-state index < -0.39 is 0 Å². The molecule has 0 bridgehead atoms. The molecule has 2 heterocycles. The van der Waals surface area contributed by atoms with Crippen LogP contribution in [0.5, 0.6) is 0 Å². The maximum Gasteiger partial charge on any atom is 0.236 e. The molecule has 0 radical (unpaired) electrons. The van der Waals surface area contributed by atoms with Gasteiger partial charge >= 0.3 is 0 Å². The summed E-state index contributed by atoms with van der Waals surface area (Å²) in [6, 6.07) is 0. The van der Waals surface area contributed by atoms with Crippen molar-refractivity contribution in [2.75, 3.05) is 33.2 Å². The summed E-state index contributed by atoms with van der Waals surface area (Å²) in [5, 5.41) is 14.0. The third kappa shape index (κ3) is 3.86. The summed E-state index contributed by atoms with van der Waals surface area (Å²) in [5.74, 6) is 0.800. The fourth-order valence-electron chi connectivity index (χ4n) is 2.23. The summed E-state index contributed by atoms with van der Waals surface area (Å²) in [6.45, 7) is 5.01. The van der Waals surface area contributed by atoms with Gasteiger partial charge in [-0.1, -0.05) is 19.4 Å². The molecular formula is C13H22N6O. The lowest BCUT2D eigenvalue weighted by atomic mass is 10.1. The predicted molar refractivity (Wildman–Crippen MR) is 75.8 cm³/mol. The van der Waals surface area contributed by atoms with E-state index in [0.29, 0.717) is 18.9 Å². The van der Waals surface area contributed by atoms with E-state index in [1.165, 1.54) is 0 Å². The molecule has 0 fully saturated rings. The second kappa shape index (κ2) is 7.14. The molecule has 1 N–H and O–H groups in total. The van der Waals surface area contributed by atoms with Gasteiger partial charge in [-0.05, 0) is 18.1 Å². The molecule has 1 amide bonds. The highest BCUT2D eigenvalue weighted by Crippen LogP contribution is 2.16. The topological polar surface area (TPSA) is 78.0 Å². The first-order chi connectivity index (χ1) is 9.70. The van der Waals surface area contributed by atoms with Crippen LogP contribution in [-0.4, -0.2) is 69.6 Å². The molecule has 1 aliphatic heterocycles. The highest BCUT2D eigenvalue weighted by molar-refractivity contribution is 5.78. The average molecular weight is 278 g/mol. The fourth-order valence-corrected chi connectivity index (χ4v) is 2.23. The lowest BCUT2D eigenvalue weighted by molar-refractivity contribution is -0.131. The minimum absolute atomic E-state index is 0.174. The van der Waals surface area contributed by atoms with Gasteiger partial charge in [-0.2, -0.15) is 5.21 Å². The summed E-state index contributed by atoms with van der Waals surface area (Å²) in [7, 11) is 1.87. The van der Waals surface area contributed by atoms with Crippen molar-refractivity contribution in [3.05, 3.63) is 11.9 Å². The molecule has 0 saturated heterocycles. The van der Waals surface area contributed by atoms with Crippen LogP contribution in [0.4, 0.5) is 0 Å². The molecule has 0 saturated carbocycles. The Labute approximate surface area is 119 Å². The number of unbranched alkanes of at least 4 members (excludes halogenated alkanes) is 1. The minimum atomic E-state index is 0.174. The van der Waals surface area contributed by atoms with Crippen LogP contribution >= 0.6 is 0 Å². The van der Waals surface area contributed by atoms with Gasteiger partial charge in [-0.25, -0.2) is 0 Å². The van der Waals surface area contributed by atoms with Gasteiger partial charge in [0.2, 0.25) is 11.7 Å². The Hall–Kier alpha value is -1.76. The van der Waals surface area contributed by atoms with Crippen LogP contribution < -0.4 is 0 Å². The van der Waals surface area contributed by atoms with Crippen LogP contribution in [0.15, 0.2) is 6.08 Å². The lowest BCUT2D eigenvalue weighted by Crippen LogP contribution is -2.41. The second-order valence-electron chi connectivity index (χ2n) is 5.13. The molecule has 0 atom stereocenters. The number of nitrogens with one attached hydrogen (secondary N) is 1. The number of nitrogens with zero attached hydrogens (tertiary/aromatic N) is 5. The number of hydrogen-bond donors (Lipinski definition) is 1. The van der Waals surface area contributed by atoms with Crippen molar-refractivity contribution in [1.82, 2.24) is 30.4 Å². The Kier molecular flexibility index (Phi) is 5.23. The molecule has 2 rings (SSSR count). The average Bonchev–Trinajstić information content (AvgIpc) is 2.99. The van der Waals surface area contributed by atoms with Crippen molar-refractivity contribution < 1.29 is 4.79 Å². The van der Waals surface area contributed by atoms with Gasteiger partial charge in [0.05, 0.1) is 6.54 Å². The summed E-state index contributed by atoms with van der Waals surface area (Å²) in [4.78, 5) is 16.1. The number of rotatable bonds is 6. The van der Waals surface area contributed by atoms with Gasteiger partial charge in [0, 0.05) is 32.3 Å². The normalized spacial score (nSPS) is 16.0. The van der Waals surface area contributed by atoms with Crippen molar-refractivity contribution in [1.29, 1.82) is 0 Å². The van der Waals surface area contributed by atoms with Crippen LogP contribution in [0.1, 0.15) is 32.0 Å². The van der Waals surface area contributed by atoms with Gasteiger partial charge in [0.25, 0.3) is 0 Å². The van der Waals surface area contributed by atoms with Crippen molar-refractivity contribution in [3.63, 3.8) is 0 Å². The number of hydrogen-bond acceptors (Lipinski definition) is 5. The van der Waals surface area contributed by atoms with E-state index in [2.05, 4.69) is 38.5 Å². The number of carbonyl (C=O) groups is 1. The molecule has 1 aliphatic rings. The Morgan fingerprint density at radius 1 is 1.55 bits per heavy atom. The minimum Gasteiger partial charge on any atom is -0.345 e. The molecule has 20 heavy (non-hydrogen) atoms. The van der Waals surface area contributed by atoms with Gasteiger partial charge in [0.1, 0.15) is 0 Å². The largest absolute Gasteiger partial charge is 0.345 e. The summed E-state index contributed by atoms with van der Waals surface area (Å²) in [6.07, 6.45) is 5.19. The number of H-pyrrole nitrogens is 1. The molecule has 110 valence electrons. The standard InChI is InChI=1S/C13H22N6O/c1-3-4-7-18(2)12(20)10-19-8-5-6-11(9-19)13-14-16-17-15-13/h6H,3-5,7-10H2,1-2H3,(H,14,15,16,17). The van der Waals surface area contributed by atoms with Crippen LogP contribution in [0.25, 0.3) is 5.57 Å². The molecule has 0 spiro atoms. The Balaban J connectivity index is 1.85. The maximum absolute atomic E-state index is 12.1. The highest BCUT2D eigenvalue weighted by Gasteiger charge is 2.20. The van der Waals surface area contributed by atoms with Gasteiger partial charge in [0.15, 0.2) is 0 Å². The lowest BCUT2D eigenvalue weighted by Gasteiger charge is -2.27. The van der Waals surface area contributed by atoms with Crippen molar-refractivity contribution in [2.45, 2.75) is 26.2 Å². The number of aromatic nitrogens is 4. The zero-order chi connectivity index (χ0) is 14.4. The first-order valence-corrected chi connectivity index (χ1v) is 7.10. The number of tetrazole rings is 1. The Morgan fingerprint density at radius 2 is 2.40 bits per heavy atom. The quantitative estimate of drug-likeness (QED) is 0.822. The van der Waals surface area contributed by atoms with Gasteiger partial charge in [-0.15, -0.1) is 10.2 Å². The van der Waals surface area contributed by atoms with E-state index in [9.17, 15) is 4.79 Å². The molecule has 7 nitrogen and oxygen atoms in total. The van der Waals surface area contributed by atoms with Crippen molar-refractivity contribution in [2.24, 2.45) is 0 Å². The molecule has 1 aromatic heterocycles. The van der Waals surface area contributed by atoms with E-state index in [-0.39, 0.29) is 5.91 Å². The number of amides is 1. The molecule has 1 aromatic rings. The van der Waals surface area contributed by atoms with Crippen LogP contribution in [0, 0.1) is 0 Å². The van der Waals surface area contributed by atoms with Gasteiger partial charge < -0.3 is 4.90 Å². The van der Waals surface area contributed by atoms with Crippen LogP contribution in [0.2, 0.25) is 0 Å². The molecule has 0 unspecified atom stereocenters. The number of likely N-dealkylation sites (N-methyl/N-ethyl adjacent to an activating group) is 1. The Morgan fingerprint density at radius 3 is 3.10 bits per heavy atom. The second-order valence-corrected chi connectivity index (χ2v) is 5.13. The third-order valence-electron chi connectivity index (χ3n) is 3.49. The van der Waals surface area contributed by atoms with E-state index in [0.717, 1.165) is 37.9 Å². The SMILES string of the molecule is CCCCN(C)C(=O)CN1CCC=C(c2nn[nH]n2)C1. The summed E-state index contributed by atoms with van der Waals surface area (Å²) in [5.41, 5.74) is 1.04. The number of aromatic amines is 1. The van der Waals surface area contributed by atoms with Crippen LogP contribution in [-0.2, 0) is 4.79 Å². The smallest absolute Gasteiger partial charge is 0.236 e. The van der Waals surface area contributed by atoms with E-state index in [4.69, 9.17) is 0 Å². The Bertz CT molecular complexity index is 455.